The number of rotatable bonds is 4. The molecular formula is C20H17N3O2. The zero-order valence-electron chi connectivity index (χ0n) is 13.8. The van der Waals surface area contributed by atoms with Gasteiger partial charge in [0, 0.05) is 18.0 Å². The Labute approximate surface area is 144 Å². The number of benzene rings is 2. The molecule has 25 heavy (non-hydrogen) atoms. The lowest BCUT2D eigenvalue weighted by Gasteiger charge is -2.07. The molecule has 0 unspecified atom stereocenters. The number of hydrogen-bond acceptors (Lipinski definition) is 3. The molecule has 4 aromatic rings. The normalized spacial score (nSPS) is 10.9. The van der Waals surface area contributed by atoms with Crippen molar-refractivity contribution in [3.63, 3.8) is 0 Å². The van der Waals surface area contributed by atoms with Crippen molar-refractivity contribution in [1.29, 1.82) is 0 Å². The first-order valence-corrected chi connectivity index (χ1v) is 8.02. The molecular weight excluding hydrogens is 314 g/mol. The van der Waals surface area contributed by atoms with Crippen LogP contribution in [0, 0.1) is 0 Å². The Kier molecular flexibility index (Phi) is 3.82. The molecule has 0 spiro atoms. The third kappa shape index (κ3) is 2.92. The fourth-order valence-electron chi connectivity index (χ4n) is 2.87. The predicted molar refractivity (Wildman–Crippen MR) is 97.0 cm³/mol. The summed E-state index contributed by atoms with van der Waals surface area (Å²) in [6.07, 6.45) is 3.57. The van der Waals surface area contributed by atoms with E-state index in [1.807, 2.05) is 66.9 Å². The van der Waals surface area contributed by atoms with Gasteiger partial charge in [0.15, 0.2) is 0 Å². The van der Waals surface area contributed by atoms with Crippen LogP contribution in [0.3, 0.4) is 0 Å². The van der Waals surface area contributed by atoms with Gasteiger partial charge in [-0.05, 0) is 23.8 Å². The summed E-state index contributed by atoms with van der Waals surface area (Å²) < 4.78 is 8.56. The first-order chi connectivity index (χ1) is 12.2. The minimum Gasteiger partial charge on any atom is -0.497 e. The average Bonchev–Trinajstić information content (AvgIpc) is 3.10. The molecule has 0 aliphatic rings. The van der Waals surface area contributed by atoms with Crippen LogP contribution in [0.1, 0.15) is 5.56 Å². The summed E-state index contributed by atoms with van der Waals surface area (Å²) >= 11 is 0. The summed E-state index contributed by atoms with van der Waals surface area (Å²) in [4.78, 5) is 12.8. The summed E-state index contributed by atoms with van der Waals surface area (Å²) in [5, 5.41) is 4.50. The average molecular weight is 331 g/mol. The fourth-order valence-corrected chi connectivity index (χ4v) is 2.87. The van der Waals surface area contributed by atoms with E-state index in [-0.39, 0.29) is 5.56 Å². The lowest BCUT2D eigenvalue weighted by Crippen LogP contribution is -2.21. The van der Waals surface area contributed by atoms with Crippen LogP contribution in [0.25, 0.3) is 16.8 Å². The standard InChI is InChI=1S/C20H17N3O2/c1-25-17-9-5-6-15(12-17)14-22-10-11-23-19(20(22)24)13-18(21-23)16-7-3-2-4-8-16/h2-13H,14H2,1H3. The number of hydrogen-bond donors (Lipinski definition) is 0. The zero-order chi connectivity index (χ0) is 17.2. The Morgan fingerprint density at radius 2 is 1.84 bits per heavy atom. The van der Waals surface area contributed by atoms with Gasteiger partial charge in [0.1, 0.15) is 11.3 Å². The summed E-state index contributed by atoms with van der Waals surface area (Å²) in [5.41, 5.74) is 3.28. The Morgan fingerprint density at radius 3 is 2.64 bits per heavy atom. The molecule has 0 aliphatic carbocycles. The van der Waals surface area contributed by atoms with Gasteiger partial charge in [-0.25, -0.2) is 4.52 Å². The van der Waals surface area contributed by atoms with Crippen molar-refractivity contribution in [3.05, 3.63) is 89.0 Å². The molecule has 2 heterocycles. The molecule has 0 N–H and O–H groups in total. The van der Waals surface area contributed by atoms with Crippen LogP contribution in [0.15, 0.2) is 77.9 Å². The number of ether oxygens (including phenoxy) is 1. The predicted octanol–water partition coefficient (Wildman–Crippen LogP) is 3.22. The Hall–Kier alpha value is -3.34. The fraction of sp³-hybridized carbons (Fsp3) is 0.100. The van der Waals surface area contributed by atoms with E-state index in [4.69, 9.17) is 4.74 Å². The Bertz CT molecular complexity index is 1080. The number of fused-ring (bicyclic) bond motifs is 1. The van der Waals surface area contributed by atoms with E-state index < -0.39 is 0 Å². The van der Waals surface area contributed by atoms with Gasteiger partial charge < -0.3 is 9.30 Å². The minimum atomic E-state index is -0.0694. The summed E-state index contributed by atoms with van der Waals surface area (Å²) in [7, 11) is 1.63. The molecule has 0 atom stereocenters. The molecule has 0 amide bonds. The van der Waals surface area contributed by atoms with E-state index >= 15 is 0 Å². The summed E-state index contributed by atoms with van der Waals surface area (Å²) in [6.45, 7) is 0.485. The second kappa shape index (κ2) is 6.28. The molecule has 4 rings (SSSR count). The number of methoxy groups -OCH3 is 1. The third-order valence-electron chi connectivity index (χ3n) is 4.16. The van der Waals surface area contributed by atoms with Gasteiger partial charge in [-0.1, -0.05) is 42.5 Å². The lowest BCUT2D eigenvalue weighted by molar-refractivity contribution is 0.414. The second-order valence-corrected chi connectivity index (χ2v) is 5.81. The largest absolute Gasteiger partial charge is 0.497 e. The molecule has 5 nitrogen and oxygen atoms in total. The van der Waals surface area contributed by atoms with Crippen LogP contribution in [0.2, 0.25) is 0 Å². The monoisotopic (exact) mass is 331 g/mol. The summed E-state index contributed by atoms with van der Waals surface area (Å²) in [6, 6.07) is 19.4. The topological polar surface area (TPSA) is 48.5 Å². The van der Waals surface area contributed by atoms with Gasteiger partial charge >= 0.3 is 0 Å². The van der Waals surface area contributed by atoms with Crippen molar-refractivity contribution in [2.24, 2.45) is 0 Å². The van der Waals surface area contributed by atoms with Gasteiger partial charge in [0.2, 0.25) is 0 Å². The maximum Gasteiger partial charge on any atom is 0.276 e. The van der Waals surface area contributed by atoms with Crippen molar-refractivity contribution in [1.82, 2.24) is 14.2 Å². The van der Waals surface area contributed by atoms with Crippen LogP contribution in [0.4, 0.5) is 0 Å². The van der Waals surface area contributed by atoms with Gasteiger partial charge in [0.05, 0.1) is 19.3 Å². The van der Waals surface area contributed by atoms with Crippen molar-refractivity contribution in [2.75, 3.05) is 7.11 Å². The molecule has 0 bridgehead atoms. The van der Waals surface area contributed by atoms with Gasteiger partial charge in [-0.15, -0.1) is 0 Å². The first kappa shape index (κ1) is 15.2. The number of aromatic nitrogens is 3. The van der Waals surface area contributed by atoms with E-state index in [1.165, 1.54) is 0 Å². The van der Waals surface area contributed by atoms with Crippen LogP contribution in [0.5, 0.6) is 5.75 Å². The van der Waals surface area contributed by atoms with Crippen LogP contribution in [-0.4, -0.2) is 21.3 Å². The maximum absolute atomic E-state index is 12.8. The molecule has 2 aromatic carbocycles. The second-order valence-electron chi connectivity index (χ2n) is 5.81. The highest BCUT2D eigenvalue weighted by Crippen LogP contribution is 2.18. The van der Waals surface area contributed by atoms with Gasteiger partial charge in [-0.2, -0.15) is 5.10 Å². The van der Waals surface area contributed by atoms with Gasteiger partial charge in [0.25, 0.3) is 5.56 Å². The van der Waals surface area contributed by atoms with E-state index in [1.54, 1.807) is 22.4 Å². The molecule has 0 fully saturated rings. The highest BCUT2D eigenvalue weighted by molar-refractivity contribution is 5.65. The van der Waals surface area contributed by atoms with E-state index in [2.05, 4.69) is 5.10 Å². The highest BCUT2D eigenvalue weighted by atomic mass is 16.5. The molecule has 5 heteroatoms. The van der Waals surface area contributed by atoms with Crippen molar-refractivity contribution < 1.29 is 4.74 Å². The van der Waals surface area contributed by atoms with Crippen LogP contribution in [-0.2, 0) is 6.54 Å². The summed E-state index contributed by atoms with van der Waals surface area (Å²) in [5.74, 6) is 0.780. The van der Waals surface area contributed by atoms with Crippen molar-refractivity contribution in [2.45, 2.75) is 6.54 Å². The quantitative estimate of drug-likeness (QED) is 0.577. The highest BCUT2D eigenvalue weighted by Gasteiger charge is 2.09. The van der Waals surface area contributed by atoms with E-state index in [9.17, 15) is 4.79 Å². The molecule has 2 aromatic heterocycles. The molecule has 124 valence electrons. The third-order valence-corrected chi connectivity index (χ3v) is 4.16. The zero-order valence-corrected chi connectivity index (χ0v) is 13.8. The Balaban J connectivity index is 1.74. The van der Waals surface area contributed by atoms with E-state index in [0.29, 0.717) is 12.1 Å². The molecule has 0 saturated carbocycles. The van der Waals surface area contributed by atoms with Gasteiger partial charge in [-0.3, -0.25) is 4.79 Å². The minimum absolute atomic E-state index is 0.0694. The molecule has 0 radical (unpaired) electrons. The van der Waals surface area contributed by atoms with Crippen molar-refractivity contribution in [3.8, 4) is 17.0 Å². The lowest BCUT2D eigenvalue weighted by atomic mass is 10.1. The molecule has 0 saturated heterocycles. The van der Waals surface area contributed by atoms with E-state index in [0.717, 1.165) is 22.6 Å². The maximum atomic E-state index is 12.8. The first-order valence-electron chi connectivity index (χ1n) is 8.02. The SMILES string of the molecule is COc1cccc(Cn2ccn3nc(-c4ccccc4)cc3c2=O)c1. The smallest absolute Gasteiger partial charge is 0.276 e. The van der Waals surface area contributed by atoms with Crippen molar-refractivity contribution >= 4 is 5.52 Å². The Morgan fingerprint density at radius 1 is 1.00 bits per heavy atom. The number of nitrogens with zero attached hydrogens (tertiary/aromatic N) is 3. The molecule has 0 aliphatic heterocycles. The van der Waals surface area contributed by atoms with Crippen LogP contribution < -0.4 is 10.3 Å². The van der Waals surface area contributed by atoms with Crippen LogP contribution >= 0.6 is 0 Å².